The van der Waals surface area contributed by atoms with Crippen LogP contribution < -0.4 is 0 Å². The molecule has 6 rings (SSSR count). The Morgan fingerprint density at radius 1 is 1.03 bits per heavy atom. The highest BCUT2D eigenvalue weighted by Crippen LogP contribution is 2.68. The van der Waals surface area contributed by atoms with Gasteiger partial charge in [0, 0.05) is 30.7 Å². The van der Waals surface area contributed by atoms with Crippen LogP contribution >= 0.6 is 0 Å². The zero-order valence-corrected chi connectivity index (χ0v) is 22.1. The van der Waals surface area contributed by atoms with Crippen LogP contribution in [0.2, 0.25) is 0 Å². The Balaban J connectivity index is 1.33. The summed E-state index contributed by atoms with van der Waals surface area (Å²) in [7, 11) is 0. The van der Waals surface area contributed by atoms with Crippen molar-refractivity contribution in [2.45, 2.75) is 91.2 Å². The molecule has 192 valence electrons. The van der Waals surface area contributed by atoms with Gasteiger partial charge in [0.25, 0.3) is 0 Å². The maximum Gasteiger partial charge on any atom is 0.302 e. The highest BCUT2D eigenvalue weighted by Gasteiger charge is 2.63. The number of rotatable bonds is 3. The van der Waals surface area contributed by atoms with Gasteiger partial charge in [-0.3, -0.25) is 9.59 Å². The Morgan fingerprint density at radius 2 is 1.81 bits per heavy atom. The predicted octanol–water partition coefficient (Wildman–Crippen LogP) is 5.95. The van der Waals surface area contributed by atoms with Gasteiger partial charge in [-0.1, -0.05) is 48.9 Å². The summed E-state index contributed by atoms with van der Waals surface area (Å²) in [6.45, 7) is 8.46. The van der Waals surface area contributed by atoms with E-state index in [-0.39, 0.29) is 28.9 Å². The van der Waals surface area contributed by atoms with Crippen molar-refractivity contribution in [3.8, 4) is 11.3 Å². The molecule has 0 amide bonds. The Morgan fingerprint density at radius 3 is 2.56 bits per heavy atom. The first-order valence-corrected chi connectivity index (χ1v) is 13.9. The fraction of sp³-hybridized carbons (Fsp3) is 0.667. The minimum atomic E-state index is -0.152. The number of hydrogen-bond donors (Lipinski definition) is 0. The predicted molar refractivity (Wildman–Crippen MR) is 137 cm³/mol. The summed E-state index contributed by atoms with van der Waals surface area (Å²) in [6.07, 6.45) is 9.99. The molecular weight excluding hydrogens is 450 g/mol. The molecule has 2 aromatic rings. The van der Waals surface area contributed by atoms with Gasteiger partial charge in [-0.25, -0.2) is 4.68 Å². The summed E-state index contributed by atoms with van der Waals surface area (Å²) in [5, 5.41) is 9.17. The summed E-state index contributed by atoms with van der Waals surface area (Å²) in [6, 6.07) is 8.44. The van der Waals surface area contributed by atoms with Gasteiger partial charge >= 0.3 is 5.97 Å². The molecule has 0 bridgehead atoms. The number of fused-ring (bicyclic) bond motifs is 5. The van der Waals surface area contributed by atoms with Crippen molar-refractivity contribution in [1.82, 2.24) is 15.0 Å². The topological polar surface area (TPSA) is 74.1 Å². The van der Waals surface area contributed by atoms with Crippen molar-refractivity contribution in [3.05, 3.63) is 36.0 Å². The molecule has 4 aliphatic carbocycles. The van der Waals surface area contributed by atoms with Crippen LogP contribution in [0.3, 0.4) is 0 Å². The van der Waals surface area contributed by atoms with Crippen LogP contribution in [0.1, 0.15) is 83.7 Å². The fourth-order valence-electron chi connectivity index (χ4n) is 9.11. The molecule has 0 N–H and O–H groups in total. The Labute approximate surface area is 214 Å². The Bertz CT molecular complexity index is 1170. The van der Waals surface area contributed by atoms with Crippen LogP contribution in [-0.2, 0) is 14.3 Å². The molecule has 4 saturated carbocycles. The lowest BCUT2D eigenvalue weighted by molar-refractivity contribution is -0.167. The van der Waals surface area contributed by atoms with E-state index < -0.39 is 0 Å². The first kappa shape index (κ1) is 23.9. The lowest BCUT2D eigenvalue weighted by atomic mass is 9.44. The monoisotopic (exact) mass is 489 g/mol. The first-order valence-electron chi connectivity index (χ1n) is 13.9. The van der Waals surface area contributed by atoms with Crippen LogP contribution in [0.15, 0.2) is 30.5 Å². The molecule has 6 heteroatoms. The number of aromatic nitrogens is 3. The quantitative estimate of drug-likeness (QED) is 0.498. The lowest BCUT2D eigenvalue weighted by Crippen LogP contribution is -2.57. The molecule has 0 spiro atoms. The van der Waals surface area contributed by atoms with E-state index in [4.69, 9.17) is 4.74 Å². The normalized spacial score (nSPS) is 39.7. The summed E-state index contributed by atoms with van der Waals surface area (Å²) < 4.78 is 7.88. The molecule has 36 heavy (non-hydrogen) atoms. The second-order valence-corrected chi connectivity index (χ2v) is 12.6. The molecule has 0 saturated heterocycles. The number of ketones is 1. The Hall–Kier alpha value is -2.50. The van der Waals surface area contributed by atoms with Gasteiger partial charge in [-0.2, -0.15) is 0 Å². The molecule has 0 radical (unpaired) electrons. The van der Waals surface area contributed by atoms with Crippen LogP contribution in [0, 0.1) is 41.4 Å². The third-order valence-corrected chi connectivity index (χ3v) is 11.0. The number of aryl methyl sites for hydroxylation is 1. The highest BCUT2D eigenvalue weighted by atomic mass is 16.5. The van der Waals surface area contributed by atoms with E-state index in [0.717, 1.165) is 43.4 Å². The lowest BCUT2D eigenvalue weighted by Gasteiger charge is -2.62. The maximum absolute atomic E-state index is 13.0. The molecule has 0 unspecified atom stereocenters. The number of carbonyl (C=O) groups excluding carboxylic acids is 2. The smallest absolute Gasteiger partial charge is 0.302 e. The van der Waals surface area contributed by atoms with Crippen molar-refractivity contribution < 1.29 is 14.3 Å². The number of Topliss-reactive ketones (excluding diaryl/α,β-unsaturated/α-hetero) is 1. The SMILES string of the molecule is CC(=O)O[C@H]1CC[C@H]2[C@@H]3CC[C@H]4CC(=O)C[C@H](n5cc(-c6ccc(C)cc6)nn5)[C@]4(C)[C@H]3CC[C@]12C. The van der Waals surface area contributed by atoms with Gasteiger partial charge in [-0.05, 0) is 74.5 Å². The number of benzene rings is 1. The average Bonchev–Trinajstić information content (AvgIpc) is 3.44. The number of esters is 1. The largest absolute Gasteiger partial charge is 0.462 e. The fourth-order valence-corrected chi connectivity index (χ4v) is 9.11. The van der Waals surface area contributed by atoms with Crippen LogP contribution in [-0.4, -0.2) is 32.9 Å². The van der Waals surface area contributed by atoms with Gasteiger partial charge in [0.05, 0.1) is 12.2 Å². The maximum atomic E-state index is 13.0. The van der Waals surface area contributed by atoms with E-state index >= 15 is 0 Å². The van der Waals surface area contributed by atoms with E-state index in [1.54, 1.807) is 6.92 Å². The Kier molecular flexibility index (Phi) is 5.65. The van der Waals surface area contributed by atoms with Crippen molar-refractivity contribution in [2.75, 3.05) is 0 Å². The van der Waals surface area contributed by atoms with Gasteiger partial charge < -0.3 is 4.74 Å². The van der Waals surface area contributed by atoms with E-state index in [9.17, 15) is 9.59 Å². The molecule has 4 aliphatic rings. The van der Waals surface area contributed by atoms with Crippen LogP contribution in [0.25, 0.3) is 11.3 Å². The third-order valence-electron chi connectivity index (χ3n) is 11.0. The van der Waals surface area contributed by atoms with Crippen molar-refractivity contribution in [3.63, 3.8) is 0 Å². The first-order chi connectivity index (χ1) is 17.2. The molecule has 4 fully saturated rings. The number of nitrogens with zero attached hydrogens (tertiary/aromatic N) is 3. The van der Waals surface area contributed by atoms with Gasteiger partial charge in [-0.15, -0.1) is 5.10 Å². The second kappa shape index (κ2) is 8.53. The number of ether oxygens (including phenoxy) is 1. The number of carbonyl (C=O) groups is 2. The zero-order chi connectivity index (χ0) is 25.2. The number of hydrogen-bond acceptors (Lipinski definition) is 5. The van der Waals surface area contributed by atoms with E-state index in [0.29, 0.717) is 42.3 Å². The minimum absolute atomic E-state index is 0.00984. The molecule has 6 nitrogen and oxygen atoms in total. The summed E-state index contributed by atoms with van der Waals surface area (Å²) in [5.74, 6) is 2.35. The third kappa shape index (κ3) is 3.58. The van der Waals surface area contributed by atoms with Gasteiger partial charge in [0.2, 0.25) is 0 Å². The molecule has 1 aromatic carbocycles. The minimum Gasteiger partial charge on any atom is -0.462 e. The molecule has 0 aliphatic heterocycles. The van der Waals surface area contributed by atoms with Crippen LogP contribution in [0.5, 0.6) is 0 Å². The highest BCUT2D eigenvalue weighted by molar-refractivity contribution is 5.80. The zero-order valence-electron chi connectivity index (χ0n) is 22.1. The van der Waals surface area contributed by atoms with E-state index in [2.05, 4.69) is 61.5 Å². The van der Waals surface area contributed by atoms with E-state index in [1.165, 1.54) is 12.0 Å². The van der Waals surface area contributed by atoms with Crippen LogP contribution in [0.4, 0.5) is 0 Å². The molecule has 1 heterocycles. The molecule has 1 aromatic heterocycles. The molecular formula is C30H39N3O3. The second-order valence-electron chi connectivity index (χ2n) is 12.6. The summed E-state index contributed by atoms with van der Waals surface area (Å²) in [5.41, 5.74) is 3.24. The standard InChI is InChI=1S/C30H39N3O3/c1-18-5-7-20(8-6-18)26-17-33(32-31-26)27-16-22(35)15-21-9-10-23-24-11-12-28(36-19(2)34)29(24,3)14-13-25(23)30(21,27)4/h5-8,17,21,23-25,27-28H,9-16H2,1-4H3/t21-,23-,24-,25-,27-,28-,29-,30-/m0/s1. The molecule has 8 atom stereocenters. The van der Waals surface area contributed by atoms with Crippen molar-refractivity contribution >= 4 is 11.8 Å². The van der Waals surface area contributed by atoms with E-state index in [1.807, 2.05) is 4.68 Å². The summed E-state index contributed by atoms with van der Waals surface area (Å²) in [4.78, 5) is 24.8. The van der Waals surface area contributed by atoms with Gasteiger partial charge in [0.1, 0.15) is 17.6 Å². The average molecular weight is 490 g/mol. The van der Waals surface area contributed by atoms with Crippen molar-refractivity contribution in [2.24, 2.45) is 34.5 Å². The summed E-state index contributed by atoms with van der Waals surface area (Å²) >= 11 is 0. The van der Waals surface area contributed by atoms with Crippen molar-refractivity contribution in [1.29, 1.82) is 0 Å². The van der Waals surface area contributed by atoms with Gasteiger partial charge in [0.15, 0.2) is 0 Å².